The molecule has 0 aromatic rings. The molecule has 1 fully saturated rings. The van der Waals surface area contributed by atoms with Crippen LogP contribution < -0.4 is 0 Å². The number of ether oxygens (including phenoxy) is 2. The zero-order valence-electron chi connectivity index (χ0n) is 21.8. The van der Waals surface area contributed by atoms with Crippen LogP contribution in [0.5, 0.6) is 0 Å². The van der Waals surface area contributed by atoms with Gasteiger partial charge in [0.15, 0.2) is 0 Å². The second-order valence-corrected chi connectivity index (χ2v) is 10.6. The summed E-state index contributed by atoms with van der Waals surface area (Å²) in [5, 5.41) is 10.7. The maximum atomic E-state index is 12.7. The molecule has 1 heterocycles. The van der Waals surface area contributed by atoms with Gasteiger partial charge in [0.05, 0.1) is 18.8 Å². The fourth-order valence-electron chi connectivity index (χ4n) is 4.00. The van der Waals surface area contributed by atoms with E-state index in [-0.39, 0.29) is 6.61 Å². The summed E-state index contributed by atoms with van der Waals surface area (Å²) >= 11 is 0. The molecule has 1 rings (SSSR count). The van der Waals surface area contributed by atoms with Crippen molar-refractivity contribution in [3.05, 3.63) is 23.8 Å². The van der Waals surface area contributed by atoms with Crippen molar-refractivity contribution in [2.75, 3.05) is 6.61 Å². The van der Waals surface area contributed by atoms with Crippen LogP contribution in [-0.4, -0.2) is 46.2 Å². The first-order valence-corrected chi connectivity index (χ1v) is 12.6. The minimum atomic E-state index is -0.808. The lowest BCUT2D eigenvalue weighted by molar-refractivity contribution is -0.0661. The largest absolute Gasteiger partial charge is 0.444 e. The highest BCUT2D eigenvalue weighted by Gasteiger charge is 2.47. The Kier molecular flexibility index (Phi) is 12.6. The molecule has 0 saturated carbocycles. The molecule has 5 nitrogen and oxygen atoms in total. The number of rotatable bonds is 13. The number of aliphatic hydroxyl groups excluding tert-OH is 1. The van der Waals surface area contributed by atoms with Crippen molar-refractivity contribution in [2.45, 2.75) is 136 Å². The Labute approximate surface area is 197 Å². The van der Waals surface area contributed by atoms with E-state index in [0.717, 1.165) is 12.8 Å². The molecule has 1 amide bonds. The van der Waals surface area contributed by atoms with Crippen molar-refractivity contribution in [3.8, 4) is 0 Å². The van der Waals surface area contributed by atoms with E-state index in [0.29, 0.717) is 0 Å². The van der Waals surface area contributed by atoms with E-state index in [1.807, 2.05) is 40.7 Å². The number of carbonyl (C=O) groups excluding carboxylic acids is 1. The number of hydrogen-bond acceptors (Lipinski definition) is 4. The van der Waals surface area contributed by atoms with Gasteiger partial charge < -0.3 is 14.6 Å². The SMILES string of the molecule is CCCCCCCCC/C(C)=C/CC/C=C/[C@@H](O)[C@@H]1COC(C)(C)N1C(=O)OC(C)(C)C. The molecule has 1 aliphatic rings. The molecule has 186 valence electrons. The summed E-state index contributed by atoms with van der Waals surface area (Å²) in [6.45, 7) is 13.9. The van der Waals surface area contributed by atoms with Crippen LogP contribution in [0.4, 0.5) is 4.79 Å². The highest BCUT2D eigenvalue weighted by Crippen LogP contribution is 2.31. The Morgan fingerprint density at radius 3 is 2.41 bits per heavy atom. The average molecular weight is 452 g/mol. The molecule has 0 aromatic carbocycles. The molecule has 1 saturated heterocycles. The van der Waals surface area contributed by atoms with Gasteiger partial charge in [-0.3, -0.25) is 4.90 Å². The molecule has 1 N–H and O–H groups in total. The summed E-state index contributed by atoms with van der Waals surface area (Å²) in [4.78, 5) is 14.2. The lowest BCUT2D eigenvalue weighted by atomic mass is 10.0. The molecule has 2 atom stereocenters. The van der Waals surface area contributed by atoms with Crippen molar-refractivity contribution in [2.24, 2.45) is 0 Å². The number of carbonyl (C=O) groups is 1. The predicted molar refractivity (Wildman–Crippen MR) is 133 cm³/mol. The number of nitrogens with zero attached hydrogens (tertiary/aromatic N) is 1. The van der Waals surface area contributed by atoms with Gasteiger partial charge >= 0.3 is 6.09 Å². The number of aliphatic hydroxyl groups is 1. The molecule has 1 aliphatic heterocycles. The summed E-state index contributed by atoms with van der Waals surface area (Å²) in [5.41, 5.74) is 0.0485. The van der Waals surface area contributed by atoms with E-state index in [2.05, 4.69) is 19.9 Å². The molecule has 0 bridgehead atoms. The highest BCUT2D eigenvalue weighted by molar-refractivity contribution is 5.70. The van der Waals surface area contributed by atoms with Crippen LogP contribution >= 0.6 is 0 Å². The highest BCUT2D eigenvalue weighted by atomic mass is 16.6. The van der Waals surface area contributed by atoms with Crippen LogP contribution in [-0.2, 0) is 9.47 Å². The third kappa shape index (κ3) is 11.0. The van der Waals surface area contributed by atoms with Crippen molar-refractivity contribution in [1.82, 2.24) is 4.90 Å². The van der Waals surface area contributed by atoms with E-state index < -0.39 is 29.6 Å². The van der Waals surface area contributed by atoms with E-state index in [1.54, 1.807) is 6.08 Å². The fraction of sp³-hybridized carbons (Fsp3) is 0.815. The topological polar surface area (TPSA) is 59.0 Å². The molecule has 0 aromatic heterocycles. The van der Waals surface area contributed by atoms with E-state index in [4.69, 9.17) is 9.47 Å². The number of hydrogen-bond donors (Lipinski definition) is 1. The summed E-state index contributed by atoms with van der Waals surface area (Å²) in [5.74, 6) is 0. The smallest absolute Gasteiger partial charge is 0.413 e. The minimum absolute atomic E-state index is 0.287. The zero-order valence-corrected chi connectivity index (χ0v) is 21.8. The van der Waals surface area contributed by atoms with Crippen LogP contribution in [0.15, 0.2) is 23.8 Å². The summed E-state index contributed by atoms with van der Waals surface area (Å²) < 4.78 is 11.3. The Morgan fingerprint density at radius 2 is 1.78 bits per heavy atom. The fourth-order valence-corrected chi connectivity index (χ4v) is 4.00. The summed E-state index contributed by atoms with van der Waals surface area (Å²) in [7, 11) is 0. The predicted octanol–water partition coefficient (Wildman–Crippen LogP) is 7.14. The van der Waals surface area contributed by atoms with Gasteiger partial charge in [0.25, 0.3) is 0 Å². The molecule has 0 aliphatic carbocycles. The normalized spacial score (nSPS) is 20.2. The van der Waals surface area contributed by atoms with Crippen molar-refractivity contribution in [3.63, 3.8) is 0 Å². The number of unbranched alkanes of at least 4 members (excludes halogenated alkanes) is 7. The maximum Gasteiger partial charge on any atom is 0.413 e. The zero-order chi connectivity index (χ0) is 24.2. The minimum Gasteiger partial charge on any atom is -0.444 e. The van der Waals surface area contributed by atoms with Crippen LogP contribution in [0.1, 0.15) is 113 Å². The van der Waals surface area contributed by atoms with Gasteiger partial charge in [-0.1, -0.05) is 69.2 Å². The van der Waals surface area contributed by atoms with Gasteiger partial charge in [-0.15, -0.1) is 0 Å². The molecular formula is C27H49NO4. The standard InChI is InChI=1S/C27H49NO4/c1-8-9-10-11-12-13-15-18-22(2)19-16-14-17-20-24(29)23-21-31-27(6,7)28(23)25(30)32-26(3,4)5/h17,19-20,23-24,29H,8-16,18,21H2,1-7H3/b20-17+,22-19+/t23-,24+/m0/s1. The molecule has 0 spiro atoms. The second-order valence-electron chi connectivity index (χ2n) is 10.6. The summed E-state index contributed by atoms with van der Waals surface area (Å²) in [6.07, 6.45) is 17.3. The first-order valence-electron chi connectivity index (χ1n) is 12.6. The van der Waals surface area contributed by atoms with Gasteiger partial charge in [-0.25, -0.2) is 4.79 Å². The van der Waals surface area contributed by atoms with Crippen molar-refractivity contribution in [1.29, 1.82) is 0 Å². The lowest BCUT2D eigenvalue weighted by Crippen LogP contribution is -2.53. The molecule has 0 radical (unpaired) electrons. The quantitative estimate of drug-likeness (QED) is 0.239. The van der Waals surface area contributed by atoms with Gasteiger partial charge in [-0.2, -0.15) is 0 Å². The van der Waals surface area contributed by atoms with Gasteiger partial charge in [0.2, 0.25) is 0 Å². The van der Waals surface area contributed by atoms with Crippen LogP contribution in [0, 0.1) is 0 Å². The monoisotopic (exact) mass is 451 g/mol. The third-order valence-electron chi connectivity index (χ3n) is 5.84. The molecule has 32 heavy (non-hydrogen) atoms. The van der Waals surface area contributed by atoms with Gasteiger partial charge in [0.1, 0.15) is 11.3 Å². The van der Waals surface area contributed by atoms with Crippen LogP contribution in [0.25, 0.3) is 0 Å². The van der Waals surface area contributed by atoms with Gasteiger partial charge in [0, 0.05) is 0 Å². The van der Waals surface area contributed by atoms with Crippen LogP contribution in [0.2, 0.25) is 0 Å². The maximum absolute atomic E-state index is 12.7. The second kappa shape index (κ2) is 14.0. The Balaban J connectivity index is 2.41. The van der Waals surface area contributed by atoms with Gasteiger partial charge in [-0.05, 0) is 67.2 Å². The number of amides is 1. The van der Waals surface area contributed by atoms with E-state index in [1.165, 1.54) is 61.8 Å². The first-order chi connectivity index (χ1) is 15.0. The number of allylic oxidation sites excluding steroid dienone is 3. The van der Waals surface area contributed by atoms with E-state index in [9.17, 15) is 9.90 Å². The Hall–Kier alpha value is -1.33. The van der Waals surface area contributed by atoms with Crippen molar-refractivity contribution >= 4 is 6.09 Å². The first kappa shape index (κ1) is 28.7. The Bertz CT molecular complexity index is 603. The molecular weight excluding hydrogens is 402 g/mol. The van der Waals surface area contributed by atoms with Crippen LogP contribution in [0.3, 0.4) is 0 Å². The third-order valence-corrected chi connectivity index (χ3v) is 5.84. The molecule has 5 heteroatoms. The molecule has 0 unspecified atom stereocenters. The Morgan fingerprint density at radius 1 is 1.16 bits per heavy atom. The lowest BCUT2D eigenvalue weighted by Gasteiger charge is -2.36. The van der Waals surface area contributed by atoms with Crippen molar-refractivity contribution < 1.29 is 19.4 Å². The average Bonchev–Trinajstić information content (AvgIpc) is 3.00. The summed E-state index contributed by atoms with van der Waals surface area (Å²) in [6, 6.07) is -0.453. The van der Waals surface area contributed by atoms with E-state index >= 15 is 0 Å².